The number of para-hydroxylation sites is 2. The van der Waals surface area contributed by atoms with Gasteiger partial charge >= 0.3 is 202 Å². The first-order chi connectivity index (χ1) is 16.3. The van der Waals surface area contributed by atoms with Crippen LogP contribution in [0.1, 0.15) is 25.0 Å². The van der Waals surface area contributed by atoms with Gasteiger partial charge in [-0.15, -0.1) is 0 Å². The summed E-state index contributed by atoms with van der Waals surface area (Å²) < 4.78 is 5.35. The summed E-state index contributed by atoms with van der Waals surface area (Å²) in [5.41, 5.74) is 10.6. The Bertz CT molecular complexity index is 1480. The molecule has 0 atom stereocenters. The molecule has 6 rings (SSSR count). The molecule has 0 N–H and O–H groups in total. The van der Waals surface area contributed by atoms with Gasteiger partial charge in [-0.25, -0.2) is 0 Å². The van der Waals surface area contributed by atoms with Crippen LogP contribution in [0, 0.1) is 0 Å². The van der Waals surface area contributed by atoms with Crippen molar-refractivity contribution in [1.82, 2.24) is 0 Å². The fourth-order valence-electron chi connectivity index (χ4n) is 4.87. The molecule has 0 fully saturated rings. The van der Waals surface area contributed by atoms with Gasteiger partial charge < -0.3 is 0 Å². The van der Waals surface area contributed by atoms with E-state index in [1.807, 2.05) is 0 Å². The molecule has 2 heteroatoms. The fraction of sp³-hybridized carbons (Fsp3) is 0.129. The van der Waals surface area contributed by atoms with Crippen LogP contribution in [0.15, 0.2) is 97.2 Å². The van der Waals surface area contributed by atoms with E-state index in [0.717, 1.165) is 12.8 Å². The molecule has 4 aromatic carbocycles. The number of benzene rings is 4. The number of rotatable bonds is 4. The predicted octanol–water partition coefficient (Wildman–Crippen LogP) is 5.54. The van der Waals surface area contributed by atoms with E-state index in [4.69, 9.17) is 0 Å². The van der Waals surface area contributed by atoms with Gasteiger partial charge in [0.25, 0.3) is 0 Å². The van der Waals surface area contributed by atoms with Gasteiger partial charge in [0.15, 0.2) is 0 Å². The van der Waals surface area contributed by atoms with Crippen molar-refractivity contribution < 1.29 is 4.57 Å². The summed E-state index contributed by atoms with van der Waals surface area (Å²) in [7, 11) is 0. The maximum absolute atomic E-state index is 2.44. The van der Waals surface area contributed by atoms with Crippen molar-refractivity contribution in [2.75, 3.05) is 0 Å². The predicted molar refractivity (Wildman–Crippen MR) is 140 cm³/mol. The van der Waals surface area contributed by atoms with Crippen molar-refractivity contribution in [3.8, 4) is 27.9 Å². The maximum atomic E-state index is 2.44. The molecule has 2 heterocycles. The summed E-state index contributed by atoms with van der Waals surface area (Å²) >= 11 is 0.309. The SMILES string of the molecule is CCc1ccc(-c2c[n+]3c4c(cccc4c2-c2ccc(CC)cc2)[Se]c2ccccc2-3)cc1. The standard InChI is InChI=1S/C31H26NSe/c1-3-21-12-16-23(17-13-21)26-20-32-27-9-5-6-10-28(27)33-29-11-7-8-25(31(29)32)30(26)24-18-14-22(4-2)15-19-24/h5-20H,3-4H2,1-2H3/q+1. The molecule has 0 radical (unpaired) electrons. The molecule has 33 heavy (non-hydrogen) atoms. The Morgan fingerprint density at radius 1 is 0.636 bits per heavy atom. The van der Waals surface area contributed by atoms with Gasteiger partial charge in [0.1, 0.15) is 0 Å². The van der Waals surface area contributed by atoms with Crippen LogP contribution in [-0.4, -0.2) is 15.0 Å². The van der Waals surface area contributed by atoms with E-state index in [1.165, 1.54) is 58.9 Å². The number of fused-ring (bicyclic) bond motifs is 2. The Morgan fingerprint density at radius 2 is 1.27 bits per heavy atom. The number of nitrogens with zero attached hydrogens (tertiary/aromatic N) is 1. The van der Waals surface area contributed by atoms with E-state index in [9.17, 15) is 0 Å². The second-order valence-electron chi connectivity index (χ2n) is 8.61. The van der Waals surface area contributed by atoms with Crippen molar-refractivity contribution in [1.29, 1.82) is 0 Å². The zero-order valence-corrected chi connectivity index (χ0v) is 20.7. The second kappa shape index (κ2) is 8.30. The average Bonchev–Trinajstić information content (AvgIpc) is 2.89. The van der Waals surface area contributed by atoms with Gasteiger partial charge in [0.2, 0.25) is 0 Å². The van der Waals surface area contributed by atoms with E-state index < -0.39 is 0 Å². The van der Waals surface area contributed by atoms with Crippen LogP contribution in [-0.2, 0) is 12.8 Å². The average molecular weight is 492 g/mol. The van der Waals surface area contributed by atoms with Crippen molar-refractivity contribution in [3.63, 3.8) is 0 Å². The van der Waals surface area contributed by atoms with Crippen LogP contribution in [0.4, 0.5) is 0 Å². The molecule has 160 valence electrons. The van der Waals surface area contributed by atoms with Crippen LogP contribution in [0.2, 0.25) is 0 Å². The van der Waals surface area contributed by atoms with Gasteiger partial charge in [-0.3, -0.25) is 0 Å². The Kier molecular flexibility index (Phi) is 5.14. The van der Waals surface area contributed by atoms with E-state index in [1.54, 1.807) is 0 Å². The summed E-state index contributed by atoms with van der Waals surface area (Å²) in [6.07, 6.45) is 4.50. The van der Waals surface area contributed by atoms with Crippen molar-refractivity contribution >= 4 is 34.8 Å². The van der Waals surface area contributed by atoms with Crippen molar-refractivity contribution in [2.24, 2.45) is 0 Å². The van der Waals surface area contributed by atoms with Crippen molar-refractivity contribution in [3.05, 3.63) is 108 Å². The monoisotopic (exact) mass is 492 g/mol. The fourth-order valence-corrected chi connectivity index (χ4v) is 7.19. The summed E-state index contributed by atoms with van der Waals surface area (Å²) in [6.45, 7) is 4.43. The number of aryl methyl sites for hydroxylation is 2. The van der Waals surface area contributed by atoms with Crippen LogP contribution in [0.5, 0.6) is 0 Å². The third-order valence-electron chi connectivity index (χ3n) is 6.71. The molecule has 1 aliphatic rings. The first-order valence-electron chi connectivity index (χ1n) is 11.7. The third kappa shape index (κ3) is 3.42. The van der Waals surface area contributed by atoms with Crippen molar-refractivity contribution in [2.45, 2.75) is 26.7 Å². The van der Waals surface area contributed by atoms with Gasteiger partial charge in [0.05, 0.1) is 0 Å². The zero-order valence-electron chi connectivity index (χ0n) is 19.0. The molecule has 1 aliphatic heterocycles. The Hall–Kier alpha value is -3.19. The zero-order chi connectivity index (χ0) is 22.4. The third-order valence-corrected chi connectivity index (χ3v) is 9.04. The Labute approximate surface area is 201 Å². The van der Waals surface area contributed by atoms with Crippen LogP contribution in [0.25, 0.3) is 38.8 Å². The Balaban J connectivity index is 1.71. The summed E-state index contributed by atoms with van der Waals surface area (Å²) in [4.78, 5) is 0. The number of hydrogen-bond donors (Lipinski definition) is 0. The molecule has 5 aromatic rings. The minimum atomic E-state index is 0.309. The summed E-state index contributed by atoms with van der Waals surface area (Å²) in [5.74, 6) is 0. The summed E-state index contributed by atoms with van der Waals surface area (Å²) in [6, 6.07) is 34.0. The molecule has 0 bridgehead atoms. The molecule has 0 spiro atoms. The van der Waals surface area contributed by atoms with Crippen LogP contribution < -0.4 is 13.5 Å². The Morgan fingerprint density at radius 3 is 1.97 bits per heavy atom. The van der Waals surface area contributed by atoms with Gasteiger partial charge in [-0.2, -0.15) is 0 Å². The summed E-state index contributed by atoms with van der Waals surface area (Å²) in [5, 5.41) is 1.34. The van der Waals surface area contributed by atoms with E-state index in [2.05, 4.69) is 116 Å². The quantitative estimate of drug-likeness (QED) is 0.225. The van der Waals surface area contributed by atoms with Crippen LogP contribution >= 0.6 is 0 Å². The van der Waals surface area contributed by atoms with E-state index >= 15 is 0 Å². The van der Waals surface area contributed by atoms with Gasteiger partial charge in [0, 0.05) is 0 Å². The molecule has 0 aliphatic carbocycles. The molecule has 0 amide bonds. The number of aromatic nitrogens is 1. The number of pyridine rings is 1. The van der Waals surface area contributed by atoms with Gasteiger partial charge in [-0.05, 0) is 0 Å². The first-order valence-corrected chi connectivity index (χ1v) is 13.5. The molecule has 1 aromatic heterocycles. The normalized spacial score (nSPS) is 12.1. The first kappa shape index (κ1) is 20.4. The molecule has 0 saturated carbocycles. The topological polar surface area (TPSA) is 3.88 Å². The number of hydrogen-bond acceptors (Lipinski definition) is 0. The van der Waals surface area contributed by atoms with E-state index in [-0.39, 0.29) is 0 Å². The molecular weight excluding hydrogens is 465 g/mol. The molecule has 0 unspecified atom stereocenters. The molecule has 1 nitrogen and oxygen atoms in total. The van der Waals surface area contributed by atoms with Crippen LogP contribution in [0.3, 0.4) is 0 Å². The molecular formula is C31H26NSe+. The minimum absolute atomic E-state index is 0.309. The molecule has 0 saturated heterocycles. The second-order valence-corrected chi connectivity index (χ2v) is 10.9. The van der Waals surface area contributed by atoms with Gasteiger partial charge in [-0.1, -0.05) is 0 Å². The van der Waals surface area contributed by atoms with E-state index in [0.29, 0.717) is 15.0 Å².